The fourth-order valence-electron chi connectivity index (χ4n) is 5.92. The second-order valence-corrected chi connectivity index (χ2v) is 13.4. The van der Waals surface area contributed by atoms with Gasteiger partial charge >= 0.3 is 6.09 Å². The van der Waals surface area contributed by atoms with Gasteiger partial charge in [-0.1, -0.05) is 27.7 Å². The van der Waals surface area contributed by atoms with Crippen LogP contribution in [0.25, 0.3) is 10.9 Å². The van der Waals surface area contributed by atoms with Gasteiger partial charge in [0.25, 0.3) is 15.9 Å². The highest BCUT2D eigenvalue weighted by Crippen LogP contribution is 2.47. The van der Waals surface area contributed by atoms with Gasteiger partial charge in [-0.3, -0.25) is 4.79 Å². The summed E-state index contributed by atoms with van der Waals surface area (Å²) in [6, 6.07) is 4.51. The summed E-state index contributed by atoms with van der Waals surface area (Å²) >= 11 is 0. The predicted molar refractivity (Wildman–Crippen MR) is 143 cm³/mol. The van der Waals surface area contributed by atoms with Crippen LogP contribution in [0.3, 0.4) is 0 Å². The first-order chi connectivity index (χ1) is 17.8. The maximum atomic E-state index is 13.9. The van der Waals surface area contributed by atoms with Crippen molar-refractivity contribution in [3.05, 3.63) is 47.5 Å². The third-order valence-electron chi connectivity index (χ3n) is 7.81. The molecule has 1 N–H and O–H groups in total. The normalized spacial score (nSPS) is 19.1. The maximum absolute atomic E-state index is 13.9. The molecule has 0 saturated carbocycles. The van der Waals surface area contributed by atoms with Gasteiger partial charge in [-0.05, 0) is 42.4 Å². The molecule has 1 fully saturated rings. The van der Waals surface area contributed by atoms with Gasteiger partial charge < -0.3 is 19.5 Å². The number of nitrogens with zero attached hydrogens (tertiary/aromatic N) is 5. The number of piperidine rings is 1. The molecule has 4 heterocycles. The van der Waals surface area contributed by atoms with Crippen molar-refractivity contribution in [1.29, 1.82) is 0 Å². The van der Waals surface area contributed by atoms with E-state index < -0.39 is 27.6 Å². The van der Waals surface area contributed by atoms with Crippen molar-refractivity contribution in [2.75, 3.05) is 19.6 Å². The van der Waals surface area contributed by atoms with Gasteiger partial charge in [-0.2, -0.15) is 8.42 Å². The number of hydrogen-bond donors (Lipinski definition) is 1. The molecule has 1 unspecified atom stereocenters. The van der Waals surface area contributed by atoms with E-state index in [-0.39, 0.29) is 23.9 Å². The molecular weight excluding hydrogens is 506 g/mol. The molecule has 11 heteroatoms. The zero-order chi connectivity index (χ0) is 27.6. The number of amides is 2. The molecule has 0 bridgehead atoms. The number of aryl methyl sites for hydroxylation is 1. The number of fused-ring (bicyclic) bond motifs is 3. The van der Waals surface area contributed by atoms with Gasteiger partial charge in [0.1, 0.15) is 0 Å². The Morgan fingerprint density at radius 3 is 2.37 bits per heavy atom. The fourth-order valence-corrected chi connectivity index (χ4v) is 7.48. The number of benzene rings is 1. The number of hydrogen-bond acceptors (Lipinski definition) is 5. The highest BCUT2D eigenvalue weighted by atomic mass is 32.2. The Morgan fingerprint density at radius 1 is 1.11 bits per heavy atom. The molecule has 204 valence electrons. The van der Waals surface area contributed by atoms with E-state index >= 15 is 0 Å². The lowest BCUT2D eigenvalue weighted by Crippen LogP contribution is -2.45. The molecule has 1 aromatic carbocycles. The Hall–Kier alpha value is -3.34. The largest absolute Gasteiger partial charge is 0.465 e. The summed E-state index contributed by atoms with van der Waals surface area (Å²) in [4.78, 5) is 33.1. The Kier molecular flexibility index (Phi) is 6.32. The van der Waals surface area contributed by atoms with Crippen LogP contribution >= 0.6 is 0 Å². The second kappa shape index (κ2) is 9.14. The Labute approximate surface area is 222 Å². The third kappa shape index (κ3) is 4.26. The Bertz CT molecular complexity index is 1520. The summed E-state index contributed by atoms with van der Waals surface area (Å²) < 4.78 is 30.8. The van der Waals surface area contributed by atoms with Crippen LogP contribution in [0.15, 0.2) is 35.7 Å². The molecule has 0 radical (unpaired) electrons. The van der Waals surface area contributed by atoms with Crippen molar-refractivity contribution in [1.82, 2.24) is 23.3 Å². The number of rotatable bonds is 3. The van der Waals surface area contributed by atoms with Crippen molar-refractivity contribution >= 4 is 32.9 Å². The first kappa shape index (κ1) is 26.3. The Balaban J connectivity index is 1.76. The van der Waals surface area contributed by atoms with E-state index in [1.165, 1.54) is 21.4 Å². The van der Waals surface area contributed by atoms with Gasteiger partial charge in [0.2, 0.25) is 0 Å². The van der Waals surface area contributed by atoms with E-state index in [9.17, 15) is 23.1 Å². The molecule has 38 heavy (non-hydrogen) atoms. The first-order valence-corrected chi connectivity index (χ1v) is 14.4. The monoisotopic (exact) mass is 541 g/mol. The molecule has 5 rings (SSSR count). The van der Waals surface area contributed by atoms with Crippen LogP contribution in [-0.2, 0) is 23.5 Å². The van der Waals surface area contributed by atoms with Gasteiger partial charge in [-0.25, -0.2) is 13.8 Å². The molecule has 1 saturated heterocycles. The van der Waals surface area contributed by atoms with Crippen molar-refractivity contribution in [3.63, 3.8) is 0 Å². The minimum Gasteiger partial charge on any atom is -0.465 e. The van der Waals surface area contributed by atoms with E-state index in [4.69, 9.17) is 0 Å². The quantitative estimate of drug-likeness (QED) is 0.533. The van der Waals surface area contributed by atoms with E-state index in [1.807, 2.05) is 25.7 Å². The SMILES string of the molecule is CC1CCN(C(=O)c2ccc3c(c2)c2c(n3S(=O)(=O)c3cn(C)cn3)CCN(C(=O)O)C2C(C)(C)C)CC1. The number of imidazole rings is 1. The molecule has 2 aliphatic heterocycles. The van der Waals surface area contributed by atoms with Crippen LogP contribution in [-0.4, -0.2) is 68.5 Å². The van der Waals surface area contributed by atoms with E-state index in [2.05, 4.69) is 11.9 Å². The number of carboxylic acid groups (broad SMARTS) is 1. The average molecular weight is 542 g/mol. The molecule has 2 aromatic heterocycles. The van der Waals surface area contributed by atoms with Gasteiger partial charge in [0, 0.05) is 61.5 Å². The maximum Gasteiger partial charge on any atom is 0.407 e. The topological polar surface area (TPSA) is 118 Å². The van der Waals surface area contributed by atoms with Gasteiger partial charge in [0.05, 0.1) is 17.9 Å². The van der Waals surface area contributed by atoms with E-state index in [0.29, 0.717) is 46.7 Å². The Morgan fingerprint density at radius 2 is 1.79 bits per heavy atom. The fraction of sp³-hybridized carbons (Fsp3) is 0.519. The van der Waals surface area contributed by atoms with Crippen LogP contribution in [0.1, 0.15) is 68.2 Å². The van der Waals surface area contributed by atoms with Crippen molar-refractivity contribution in [2.24, 2.45) is 18.4 Å². The average Bonchev–Trinajstić information content (AvgIpc) is 3.44. The summed E-state index contributed by atoms with van der Waals surface area (Å²) in [5.74, 6) is 0.486. The lowest BCUT2D eigenvalue weighted by molar-refractivity contribution is 0.0696. The molecule has 0 spiro atoms. The summed E-state index contributed by atoms with van der Waals surface area (Å²) in [6.45, 7) is 9.56. The molecule has 3 aromatic rings. The highest BCUT2D eigenvalue weighted by Gasteiger charge is 2.43. The van der Waals surface area contributed by atoms with Crippen LogP contribution < -0.4 is 0 Å². The molecule has 2 amide bonds. The van der Waals surface area contributed by atoms with Crippen LogP contribution in [0.2, 0.25) is 0 Å². The van der Waals surface area contributed by atoms with Gasteiger partial charge in [-0.15, -0.1) is 0 Å². The summed E-state index contributed by atoms with van der Waals surface area (Å²) in [5, 5.41) is 10.6. The second-order valence-electron chi connectivity index (χ2n) is 11.7. The molecule has 2 aliphatic rings. The predicted octanol–water partition coefficient (Wildman–Crippen LogP) is 4.11. The van der Waals surface area contributed by atoms with Crippen molar-refractivity contribution in [3.8, 4) is 0 Å². The highest BCUT2D eigenvalue weighted by molar-refractivity contribution is 7.90. The summed E-state index contributed by atoms with van der Waals surface area (Å²) in [5.41, 5.74) is 1.54. The lowest BCUT2D eigenvalue weighted by Gasteiger charge is -2.42. The number of likely N-dealkylation sites (tertiary alicyclic amines) is 1. The van der Waals surface area contributed by atoms with Crippen molar-refractivity contribution in [2.45, 2.75) is 58.0 Å². The molecule has 1 atom stereocenters. The van der Waals surface area contributed by atoms with E-state index in [0.717, 1.165) is 12.8 Å². The third-order valence-corrected chi connectivity index (χ3v) is 9.44. The number of carbonyl (C=O) groups is 2. The van der Waals surface area contributed by atoms with Crippen LogP contribution in [0.4, 0.5) is 4.79 Å². The van der Waals surface area contributed by atoms with E-state index in [1.54, 1.807) is 29.8 Å². The standard InChI is InChI=1S/C27H35N5O5S/c1-17-8-11-30(12-9-17)25(33)18-6-7-20-19(14-18)23-21(10-13-31(26(34)35)24(23)27(2,3)4)32(20)38(36,37)22-15-29(5)16-28-22/h6-7,14-17,24H,8-13H2,1-5H3,(H,34,35). The van der Waals surface area contributed by atoms with Crippen LogP contribution in [0.5, 0.6) is 0 Å². The summed E-state index contributed by atoms with van der Waals surface area (Å²) in [7, 11) is -2.38. The number of carbonyl (C=O) groups excluding carboxylic acids is 1. The zero-order valence-electron chi connectivity index (χ0n) is 22.5. The van der Waals surface area contributed by atoms with Crippen LogP contribution in [0, 0.1) is 11.3 Å². The minimum absolute atomic E-state index is 0.0877. The first-order valence-electron chi connectivity index (χ1n) is 13.0. The smallest absolute Gasteiger partial charge is 0.407 e. The molecule has 10 nitrogen and oxygen atoms in total. The number of aromatic nitrogens is 3. The van der Waals surface area contributed by atoms with Gasteiger partial charge in [0.15, 0.2) is 5.03 Å². The zero-order valence-corrected chi connectivity index (χ0v) is 23.3. The summed E-state index contributed by atoms with van der Waals surface area (Å²) in [6.07, 6.45) is 3.95. The minimum atomic E-state index is -4.09. The lowest BCUT2D eigenvalue weighted by atomic mass is 9.78. The molecule has 0 aliphatic carbocycles. The van der Waals surface area contributed by atoms with Crippen molar-refractivity contribution < 1.29 is 23.1 Å². The molecular formula is C27H35N5O5S.